The Morgan fingerprint density at radius 3 is 1.00 bits per heavy atom. The zero-order valence-corrected chi connectivity index (χ0v) is 4.28. The van der Waals surface area contributed by atoms with E-state index in [0.29, 0.717) is 0 Å². The van der Waals surface area contributed by atoms with Gasteiger partial charge in [0.05, 0.1) is 0 Å². The summed E-state index contributed by atoms with van der Waals surface area (Å²) in [6, 6.07) is 0. The van der Waals surface area contributed by atoms with E-state index in [9.17, 15) is 9.07 Å². The number of hydrogen-bond donors (Lipinski definition) is 0. The molecule has 0 bridgehead atoms. The van der Waals surface area contributed by atoms with Crippen molar-refractivity contribution in [1.82, 2.24) is 0 Å². The van der Waals surface area contributed by atoms with Gasteiger partial charge in [0.1, 0.15) is 0 Å². The molecule has 0 aromatic rings. The molecule has 0 saturated heterocycles. The zero-order valence-electron chi connectivity index (χ0n) is 2.08. The van der Waals surface area contributed by atoms with E-state index in [0.717, 1.165) is 0 Å². The van der Waals surface area contributed by atoms with E-state index in [2.05, 4.69) is 0 Å². The van der Waals surface area contributed by atoms with Crippen LogP contribution < -0.4 is 0 Å². The fraction of sp³-hybridized carbons (Fsp3) is 0. The van der Waals surface area contributed by atoms with Gasteiger partial charge >= 0.3 is 29.2 Å². The molecule has 0 aromatic heterocycles. The quantitative estimate of drug-likeness (QED) is 0.469. The average Bonchev–Trinajstić information content (AvgIpc) is 0.811. The number of halogens is 3. The van der Waals surface area contributed by atoms with Crippen LogP contribution in [-0.2, 0) is 20.1 Å². The Morgan fingerprint density at radius 1 is 1.00 bits per heavy atom. The summed E-state index contributed by atoms with van der Waals surface area (Å²) >= 11 is -4.95. The second-order valence-electron chi connectivity index (χ2n) is 0.192. The molecule has 0 saturated carbocycles. The maximum atomic E-state index is 9.85. The predicted octanol–water partition coefficient (Wildman–Crippen LogP) is 0.433. The van der Waals surface area contributed by atoms with Gasteiger partial charge in [0, 0.05) is 0 Å². The zero-order chi connectivity index (χ0) is 3.58. The molecule has 5 heteroatoms. The van der Waals surface area contributed by atoms with Crippen LogP contribution in [-0.4, -0.2) is 5.48 Å². The van der Waals surface area contributed by atoms with E-state index in [-0.39, 0.29) is 5.48 Å². The summed E-state index contributed by atoms with van der Waals surface area (Å²) in [6.45, 7) is 0. The van der Waals surface area contributed by atoms with Crippen molar-refractivity contribution in [1.29, 1.82) is 0 Å². The number of rotatable bonds is 0. The summed E-state index contributed by atoms with van der Waals surface area (Å²) in [4.78, 5) is 0. The molecule has 5 heavy (non-hydrogen) atoms. The first kappa shape index (κ1) is 9.09. The van der Waals surface area contributed by atoms with Crippen molar-refractivity contribution >= 4 is 0 Å². The van der Waals surface area contributed by atoms with Crippen LogP contribution in [0.15, 0.2) is 0 Å². The molecule has 0 atom stereocenters. The van der Waals surface area contributed by atoms with Crippen molar-refractivity contribution in [2.24, 2.45) is 0 Å². The molecule has 0 rings (SSSR count). The van der Waals surface area contributed by atoms with Gasteiger partial charge in [-0.3, -0.25) is 0 Å². The molecule has 0 aliphatic heterocycles. The fourth-order valence-electron chi connectivity index (χ4n) is 0. The van der Waals surface area contributed by atoms with E-state index in [1.54, 1.807) is 0 Å². The van der Waals surface area contributed by atoms with Gasteiger partial charge in [-0.15, -0.1) is 0 Å². The first-order chi connectivity index (χ1) is 1.73. The van der Waals surface area contributed by atoms with Crippen LogP contribution in [0.1, 0.15) is 0 Å². The SMILES string of the molecule is O.[F][Nb]([F])[F]. The minimum absolute atomic E-state index is 0. The van der Waals surface area contributed by atoms with Crippen molar-refractivity contribution in [2.75, 3.05) is 0 Å². The minimum atomic E-state index is -4.95. The Morgan fingerprint density at radius 2 is 1.00 bits per heavy atom. The normalized spacial score (nSPS) is 7.20. The summed E-state index contributed by atoms with van der Waals surface area (Å²) in [5.41, 5.74) is 0. The van der Waals surface area contributed by atoms with E-state index >= 15 is 0 Å². The van der Waals surface area contributed by atoms with E-state index in [4.69, 9.17) is 0 Å². The molecule has 0 aromatic carbocycles. The predicted molar refractivity (Wildman–Crippen MR) is 6.94 cm³/mol. The summed E-state index contributed by atoms with van der Waals surface area (Å²) in [7, 11) is 0. The first-order valence-corrected chi connectivity index (χ1v) is 3.00. The monoisotopic (exact) mass is 168 g/mol. The summed E-state index contributed by atoms with van der Waals surface area (Å²) in [5.74, 6) is 0. The second-order valence-corrected chi connectivity index (χ2v) is 1.13. The molecule has 2 N–H and O–H groups in total. The number of hydrogen-bond acceptors (Lipinski definition) is 0. The Hall–Kier alpha value is 0.490. The van der Waals surface area contributed by atoms with Crippen molar-refractivity contribution < 1.29 is 34.6 Å². The molecule has 0 heterocycles. The van der Waals surface area contributed by atoms with Crippen molar-refractivity contribution in [3.63, 3.8) is 0 Å². The van der Waals surface area contributed by atoms with Crippen LogP contribution in [0.4, 0.5) is 9.07 Å². The van der Waals surface area contributed by atoms with Gasteiger partial charge in [0.2, 0.25) is 0 Å². The van der Waals surface area contributed by atoms with Crippen LogP contribution in [0.2, 0.25) is 0 Å². The first-order valence-electron chi connectivity index (χ1n) is 0.507. The van der Waals surface area contributed by atoms with Gasteiger partial charge in [-0.25, -0.2) is 0 Å². The third-order valence-corrected chi connectivity index (χ3v) is 0. The molecule has 0 unspecified atom stereocenters. The Bertz CT molecular complexity index is 11.6. The van der Waals surface area contributed by atoms with E-state index in [1.807, 2.05) is 0 Å². The van der Waals surface area contributed by atoms with Crippen LogP contribution in [0, 0.1) is 0 Å². The van der Waals surface area contributed by atoms with E-state index in [1.165, 1.54) is 0 Å². The standard InChI is InChI=1S/3FH.Nb.H2O/h3*1H;;1H2/q;;;+3;/p-3. The second kappa shape index (κ2) is 4.49. The molecule has 0 fully saturated rings. The van der Waals surface area contributed by atoms with Crippen LogP contribution >= 0.6 is 0 Å². The molecular weight excluding hydrogens is 166 g/mol. The molecular formula is H2F3NbO. The summed E-state index contributed by atoms with van der Waals surface area (Å²) < 4.78 is 29.6. The molecule has 0 amide bonds. The van der Waals surface area contributed by atoms with Gasteiger partial charge in [-0.2, -0.15) is 0 Å². The van der Waals surface area contributed by atoms with Crippen LogP contribution in [0.25, 0.3) is 0 Å². The molecule has 1 nitrogen and oxygen atoms in total. The average molecular weight is 168 g/mol. The molecule has 0 spiro atoms. The van der Waals surface area contributed by atoms with Gasteiger partial charge < -0.3 is 5.48 Å². The van der Waals surface area contributed by atoms with Gasteiger partial charge in [-0.05, 0) is 0 Å². The summed E-state index contributed by atoms with van der Waals surface area (Å²) in [6.07, 6.45) is 0. The van der Waals surface area contributed by atoms with E-state index < -0.39 is 20.1 Å². The van der Waals surface area contributed by atoms with Crippen LogP contribution in [0.5, 0.6) is 0 Å². The Kier molecular flexibility index (Phi) is 8.16. The Labute approximate surface area is 35.3 Å². The Balaban J connectivity index is 0. The van der Waals surface area contributed by atoms with Crippen molar-refractivity contribution in [3.8, 4) is 0 Å². The van der Waals surface area contributed by atoms with Crippen molar-refractivity contribution in [3.05, 3.63) is 0 Å². The fourth-order valence-corrected chi connectivity index (χ4v) is 0. The van der Waals surface area contributed by atoms with Gasteiger partial charge in [-0.1, -0.05) is 0 Å². The third-order valence-electron chi connectivity index (χ3n) is 0. The molecule has 0 aliphatic carbocycles. The summed E-state index contributed by atoms with van der Waals surface area (Å²) in [5, 5.41) is 0. The molecule has 0 aliphatic rings. The molecule has 34 valence electrons. The topological polar surface area (TPSA) is 31.5 Å². The van der Waals surface area contributed by atoms with Crippen LogP contribution in [0.3, 0.4) is 0 Å². The third kappa shape index (κ3) is 116. The molecule has 0 radical (unpaired) electrons. The van der Waals surface area contributed by atoms with Gasteiger partial charge in [0.15, 0.2) is 0 Å². The maximum absolute atomic E-state index is 9.85. The van der Waals surface area contributed by atoms with Crippen molar-refractivity contribution in [2.45, 2.75) is 0 Å². The van der Waals surface area contributed by atoms with Gasteiger partial charge in [0.25, 0.3) is 0 Å².